The van der Waals surface area contributed by atoms with Gasteiger partial charge in [0, 0.05) is 25.6 Å². The minimum absolute atomic E-state index is 0.0852. The Morgan fingerprint density at radius 1 is 1.35 bits per heavy atom. The van der Waals surface area contributed by atoms with Crippen molar-refractivity contribution in [1.29, 1.82) is 0 Å². The van der Waals surface area contributed by atoms with Crippen molar-refractivity contribution < 1.29 is 14.7 Å². The van der Waals surface area contributed by atoms with E-state index in [4.69, 9.17) is 16.6 Å². The lowest BCUT2D eigenvalue weighted by Crippen LogP contribution is -2.30. The lowest BCUT2D eigenvalue weighted by molar-refractivity contribution is -0.120. The molecular weight excluding hydrogens is 222 g/mol. The maximum absolute atomic E-state index is 10.9. The van der Waals surface area contributed by atoms with Crippen LogP contribution in [0.1, 0.15) is 12.8 Å². The van der Waals surface area contributed by atoms with Gasteiger partial charge in [0.15, 0.2) is 0 Å². The molecule has 1 aliphatic heterocycles. The van der Waals surface area contributed by atoms with Crippen molar-refractivity contribution in [3.8, 4) is 0 Å². The first kappa shape index (κ1) is 13.2. The second kappa shape index (κ2) is 6.05. The Bertz CT molecular complexity index is 347. The van der Waals surface area contributed by atoms with Gasteiger partial charge in [-0.3, -0.25) is 9.59 Å². The number of carbonyl (C=O) groups is 2. The van der Waals surface area contributed by atoms with Crippen LogP contribution >= 0.6 is 0 Å². The summed E-state index contributed by atoms with van der Waals surface area (Å²) in [7, 11) is 0. The van der Waals surface area contributed by atoms with E-state index in [1.807, 2.05) is 6.08 Å². The lowest BCUT2D eigenvalue weighted by Gasteiger charge is -2.26. The highest BCUT2D eigenvalue weighted by Gasteiger charge is 2.21. The Morgan fingerprint density at radius 2 is 1.94 bits per heavy atom. The van der Waals surface area contributed by atoms with Crippen molar-refractivity contribution in [3.05, 3.63) is 23.9 Å². The lowest BCUT2D eigenvalue weighted by atomic mass is 9.90. The highest BCUT2D eigenvalue weighted by atomic mass is 16.3. The minimum atomic E-state index is -0.470. The number of hydrogen-bond donors (Lipinski definition) is 3. The van der Waals surface area contributed by atoms with Crippen LogP contribution in [-0.4, -0.2) is 35.1 Å². The first-order chi connectivity index (χ1) is 8.02. The number of aliphatic hydroxyl groups is 1. The van der Waals surface area contributed by atoms with Crippen molar-refractivity contribution in [1.82, 2.24) is 4.90 Å². The van der Waals surface area contributed by atoms with Crippen molar-refractivity contribution in [2.24, 2.45) is 17.4 Å². The molecule has 0 saturated carbocycles. The average Bonchev–Trinajstić information content (AvgIpc) is 2.27. The summed E-state index contributed by atoms with van der Waals surface area (Å²) in [5, 5.41) is 9.02. The van der Waals surface area contributed by atoms with E-state index in [9.17, 15) is 9.59 Å². The normalized spacial score (nSPS) is 14.9. The summed E-state index contributed by atoms with van der Waals surface area (Å²) in [6.45, 7) is 0.353. The van der Waals surface area contributed by atoms with Crippen molar-refractivity contribution in [3.63, 3.8) is 0 Å². The summed E-state index contributed by atoms with van der Waals surface area (Å²) >= 11 is 0. The van der Waals surface area contributed by atoms with Crippen molar-refractivity contribution in [2.75, 3.05) is 13.3 Å². The van der Waals surface area contributed by atoms with Gasteiger partial charge in [0.2, 0.25) is 11.8 Å². The number of primary amides is 2. The molecule has 6 nitrogen and oxygen atoms in total. The van der Waals surface area contributed by atoms with E-state index in [0.717, 1.165) is 5.57 Å². The first-order valence-electron chi connectivity index (χ1n) is 5.31. The zero-order valence-corrected chi connectivity index (χ0v) is 9.50. The molecule has 0 aromatic rings. The van der Waals surface area contributed by atoms with Gasteiger partial charge in [0.25, 0.3) is 0 Å². The molecule has 0 fully saturated rings. The van der Waals surface area contributed by atoms with Crippen molar-refractivity contribution >= 4 is 11.8 Å². The molecule has 17 heavy (non-hydrogen) atoms. The molecule has 0 aromatic heterocycles. The zero-order chi connectivity index (χ0) is 12.8. The maximum Gasteiger partial charge on any atom is 0.218 e. The monoisotopic (exact) mass is 239 g/mol. The number of aliphatic hydroxyl groups excluding tert-OH is 1. The van der Waals surface area contributed by atoms with E-state index in [1.165, 1.54) is 0 Å². The second-order valence-electron chi connectivity index (χ2n) is 4.01. The molecule has 0 aromatic carbocycles. The number of nitrogens with two attached hydrogens (primary N) is 2. The smallest absolute Gasteiger partial charge is 0.218 e. The van der Waals surface area contributed by atoms with E-state index in [1.54, 1.807) is 17.2 Å². The number of allylic oxidation sites excluding steroid dienone is 2. The fourth-order valence-corrected chi connectivity index (χ4v) is 1.81. The third-order valence-corrected chi connectivity index (χ3v) is 2.59. The summed E-state index contributed by atoms with van der Waals surface area (Å²) in [5.74, 6) is -1.23. The number of amides is 2. The maximum atomic E-state index is 10.9. The Balaban J connectivity index is 2.75. The second-order valence-corrected chi connectivity index (χ2v) is 4.01. The highest BCUT2D eigenvalue weighted by molar-refractivity contribution is 5.78. The molecule has 0 bridgehead atoms. The van der Waals surface area contributed by atoms with Gasteiger partial charge in [0.05, 0.1) is 0 Å². The van der Waals surface area contributed by atoms with E-state index in [0.29, 0.717) is 6.54 Å². The Hall–Kier alpha value is -1.82. The molecule has 0 atom stereocenters. The largest absolute Gasteiger partial charge is 0.376 e. The van der Waals surface area contributed by atoms with E-state index < -0.39 is 11.8 Å². The molecule has 0 radical (unpaired) electrons. The van der Waals surface area contributed by atoms with Gasteiger partial charge in [0.1, 0.15) is 6.73 Å². The predicted molar refractivity (Wildman–Crippen MR) is 62.1 cm³/mol. The molecule has 1 rings (SSSR count). The summed E-state index contributed by atoms with van der Waals surface area (Å²) in [4.78, 5) is 23.6. The molecular formula is C11H17N3O3. The van der Waals surface area contributed by atoms with Crippen LogP contribution in [0.25, 0.3) is 0 Å². The van der Waals surface area contributed by atoms with Gasteiger partial charge in [-0.05, 0) is 17.6 Å². The van der Waals surface area contributed by atoms with Crippen molar-refractivity contribution in [2.45, 2.75) is 12.8 Å². The predicted octanol–water partition coefficient (Wildman–Crippen LogP) is -0.941. The standard InChI is InChI=1S/C11H17N3O3/c12-10(16)4-9(5-11(13)17)8-2-1-3-14(6-8)7-15/h1-3,9,15H,4-7H2,(H2,12,16)(H2,13,17). The van der Waals surface area contributed by atoms with E-state index in [2.05, 4.69) is 0 Å². The van der Waals surface area contributed by atoms with E-state index >= 15 is 0 Å². The molecule has 94 valence electrons. The number of carbonyl (C=O) groups excluding carboxylic acids is 2. The molecule has 1 heterocycles. The van der Waals surface area contributed by atoms with Crippen LogP contribution in [0.2, 0.25) is 0 Å². The molecule has 5 N–H and O–H groups in total. The topological polar surface area (TPSA) is 110 Å². The van der Waals surface area contributed by atoms with Gasteiger partial charge < -0.3 is 21.5 Å². The Labute approximate surface area is 99.6 Å². The van der Waals surface area contributed by atoms with Crippen LogP contribution in [-0.2, 0) is 9.59 Å². The summed E-state index contributed by atoms with van der Waals surface area (Å²) in [6.07, 6.45) is 5.48. The van der Waals surface area contributed by atoms with Gasteiger partial charge >= 0.3 is 0 Å². The average molecular weight is 239 g/mol. The number of rotatable bonds is 6. The summed E-state index contributed by atoms with van der Waals surface area (Å²) < 4.78 is 0. The van der Waals surface area contributed by atoms with Gasteiger partial charge in [-0.15, -0.1) is 0 Å². The molecule has 0 unspecified atom stereocenters. The van der Waals surface area contributed by atoms with Crippen LogP contribution in [0.3, 0.4) is 0 Å². The minimum Gasteiger partial charge on any atom is -0.376 e. The molecule has 0 saturated heterocycles. The highest BCUT2D eigenvalue weighted by Crippen LogP contribution is 2.22. The Morgan fingerprint density at radius 3 is 2.41 bits per heavy atom. The molecule has 2 amide bonds. The van der Waals surface area contributed by atoms with Gasteiger partial charge in [-0.1, -0.05) is 6.08 Å². The number of hydrogen-bond acceptors (Lipinski definition) is 4. The molecule has 6 heteroatoms. The third-order valence-electron chi connectivity index (χ3n) is 2.59. The van der Waals surface area contributed by atoms with Crippen LogP contribution in [0.4, 0.5) is 0 Å². The SMILES string of the molecule is NC(=O)CC(CC(N)=O)C1=CC=CN(CO)C1. The number of nitrogens with zero attached hydrogens (tertiary/aromatic N) is 1. The third kappa shape index (κ3) is 4.28. The first-order valence-corrected chi connectivity index (χ1v) is 5.31. The molecule has 0 aliphatic carbocycles. The van der Waals surface area contributed by atoms with Gasteiger partial charge in [-0.2, -0.15) is 0 Å². The quantitative estimate of drug-likeness (QED) is 0.555. The van der Waals surface area contributed by atoms with Crippen LogP contribution in [0.15, 0.2) is 23.9 Å². The molecule has 1 aliphatic rings. The van der Waals surface area contributed by atoms with Crippen LogP contribution < -0.4 is 11.5 Å². The summed E-state index contributed by atoms with van der Waals surface area (Å²) in [6, 6.07) is 0. The van der Waals surface area contributed by atoms with E-state index in [-0.39, 0.29) is 25.5 Å². The fourth-order valence-electron chi connectivity index (χ4n) is 1.81. The van der Waals surface area contributed by atoms with Gasteiger partial charge in [-0.25, -0.2) is 0 Å². The Kier molecular flexibility index (Phi) is 4.71. The zero-order valence-electron chi connectivity index (χ0n) is 9.50. The fraction of sp³-hybridized carbons (Fsp3) is 0.455. The van der Waals surface area contributed by atoms with Crippen LogP contribution in [0, 0.1) is 5.92 Å². The molecule has 0 spiro atoms. The van der Waals surface area contributed by atoms with Crippen LogP contribution in [0.5, 0.6) is 0 Å². The summed E-state index contributed by atoms with van der Waals surface area (Å²) in [5.41, 5.74) is 11.2.